The summed E-state index contributed by atoms with van der Waals surface area (Å²) in [5.74, 6) is 1.09. The van der Waals surface area contributed by atoms with E-state index in [9.17, 15) is 9.59 Å². The van der Waals surface area contributed by atoms with Gasteiger partial charge in [0.25, 0.3) is 5.56 Å². The fourth-order valence-electron chi connectivity index (χ4n) is 2.94. The number of furan rings is 2. The monoisotopic (exact) mass is 340 g/mol. The van der Waals surface area contributed by atoms with Crippen LogP contribution in [0.15, 0.2) is 44.3 Å². The third-order valence-electron chi connectivity index (χ3n) is 4.13. The quantitative estimate of drug-likeness (QED) is 0.610. The summed E-state index contributed by atoms with van der Waals surface area (Å²) in [6, 6.07) is 5.38. The summed E-state index contributed by atoms with van der Waals surface area (Å²) in [7, 11) is 1.79. The molecule has 25 heavy (non-hydrogen) atoms. The van der Waals surface area contributed by atoms with Crippen molar-refractivity contribution >= 4 is 27.9 Å². The zero-order chi connectivity index (χ0) is 17.6. The number of hydrogen-bond donors (Lipinski definition) is 1. The van der Waals surface area contributed by atoms with Crippen LogP contribution in [0.4, 0.5) is 0 Å². The van der Waals surface area contributed by atoms with Crippen molar-refractivity contribution in [3.05, 3.63) is 52.5 Å². The maximum atomic E-state index is 12.7. The minimum Gasteiger partial charge on any atom is -0.467 e. The lowest BCUT2D eigenvalue weighted by molar-refractivity contribution is -0.122. The standard InChI is InChI=1S/C17H16N4O4/c1-10-6-13-16(25-10)12-8-19-21(17(23)15(12)20(13)2)9-14(22)18-7-11-4-3-5-24-11/h3-6,8H,7,9H2,1-2H3,(H,18,22). The Morgan fingerprint density at radius 2 is 2.24 bits per heavy atom. The van der Waals surface area contributed by atoms with Gasteiger partial charge in [-0.25, -0.2) is 4.68 Å². The van der Waals surface area contributed by atoms with E-state index in [1.165, 1.54) is 6.26 Å². The molecule has 4 rings (SSSR count). The first-order valence-electron chi connectivity index (χ1n) is 7.78. The van der Waals surface area contributed by atoms with E-state index in [0.29, 0.717) is 22.2 Å². The van der Waals surface area contributed by atoms with Gasteiger partial charge < -0.3 is 18.7 Å². The van der Waals surface area contributed by atoms with Crippen LogP contribution in [0.25, 0.3) is 22.0 Å². The van der Waals surface area contributed by atoms with Crippen molar-refractivity contribution in [3.8, 4) is 0 Å². The molecule has 0 fully saturated rings. The highest BCUT2D eigenvalue weighted by Crippen LogP contribution is 2.27. The highest BCUT2D eigenvalue weighted by molar-refractivity contribution is 6.04. The molecule has 0 saturated carbocycles. The van der Waals surface area contributed by atoms with E-state index in [2.05, 4.69) is 10.4 Å². The summed E-state index contributed by atoms with van der Waals surface area (Å²) in [4.78, 5) is 24.8. The number of rotatable bonds is 4. The van der Waals surface area contributed by atoms with Crippen LogP contribution in [-0.2, 0) is 24.9 Å². The van der Waals surface area contributed by atoms with E-state index in [-0.39, 0.29) is 24.6 Å². The molecule has 0 aliphatic carbocycles. The maximum Gasteiger partial charge on any atom is 0.291 e. The van der Waals surface area contributed by atoms with Crippen molar-refractivity contribution in [2.24, 2.45) is 7.05 Å². The van der Waals surface area contributed by atoms with E-state index >= 15 is 0 Å². The molecule has 4 aromatic rings. The van der Waals surface area contributed by atoms with Crippen LogP contribution in [0.2, 0.25) is 0 Å². The summed E-state index contributed by atoms with van der Waals surface area (Å²) < 4.78 is 13.7. The van der Waals surface area contributed by atoms with Gasteiger partial charge in [-0.2, -0.15) is 5.10 Å². The minimum absolute atomic E-state index is 0.166. The first-order chi connectivity index (χ1) is 12.0. The van der Waals surface area contributed by atoms with Crippen molar-refractivity contribution in [1.82, 2.24) is 19.7 Å². The molecule has 0 aromatic carbocycles. The molecule has 0 radical (unpaired) electrons. The third kappa shape index (κ3) is 2.51. The molecular weight excluding hydrogens is 324 g/mol. The number of carbonyl (C=O) groups is 1. The highest BCUT2D eigenvalue weighted by atomic mass is 16.3. The first kappa shape index (κ1) is 15.3. The number of nitrogens with zero attached hydrogens (tertiary/aromatic N) is 3. The summed E-state index contributed by atoms with van der Waals surface area (Å²) in [6.07, 6.45) is 3.09. The van der Waals surface area contributed by atoms with Crippen LogP contribution in [-0.4, -0.2) is 20.3 Å². The summed E-state index contributed by atoms with van der Waals surface area (Å²) in [6.45, 7) is 1.95. The Morgan fingerprint density at radius 3 is 3.00 bits per heavy atom. The molecule has 1 amide bonds. The first-order valence-corrected chi connectivity index (χ1v) is 7.78. The van der Waals surface area contributed by atoms with Gasteiger partial charge in [0, 0.05) is 13.1 Å². The highest BCUT2D eigenvalue weighted by Gasteiger charge is 2.18. The second-order valence-corrected chi connectivity index (χ2v) is 5.86. The van der Waals surface area contributed by atoms with Gasteiger partial charge in [0.15, 0.2) is 5.58 Å². The number of carbonyl (C=O) groups excluding carboxylic acids is 1. The van der Waals surface area contributed by atoms with Gasteiger partial charge in [-0.15, -0.1) is 0 Å². The molecule has 0 atom stereocenters. The molecule has 0 aliphatic rings. The molecular formula is C17H16N4O4. The Kier molecular flexibility index (Phi) is 3.45. The largest absolute Gasteiger partial charge is 0.467 e. The normalized spacial score (nSPS) is 11.4. The Hall–Kier alpha value is -3.29. The lowest BCUT2D eigenvalue weighted by atomic mass is 10.3. The summed E-state index contributed by atoms with van der Waals surface area (Å²) >= 11 is 0. The lowest BCUT2D eigenvalue weighted by Gasteiger charge is -2.06. The van der Waals surface area contributed by atoms with Crippen molar-refractivity contribution in [2.45, 2.75) is 20.0 Å². The number of aromatic nitrogens is 3. The number of hydrogen-bond acceptors (Lipinski definition) is 5. The zero-order valence-corrected chi connectivity index (χ0v) is 13.8. The van der Waals surface area contributed by atoms with Crippen LogP contribution < -0.4 is 10.9 Å². The van der Waals surface area contributed by atoms with E-state index in [0.717, 1.165) is 16.0 Å². The Bertz CT molecular complexity index is 1130. The molecule has 0 unspecified atom stereocenters. The van der Waals surface area contributed by atoms with Crippen LogP contribution in [0.5, 0.6) is 0 Å². The van der Waals surface area contributed by atoms with Gasteiger partial charge in [0.2, 0.25) is 5.91 Å². The van der Waals surface area contributed by atoms with Crippen LogP contribution in [0.1, 0.15) is 11.5 Å². The fraction of sp³-hybridized carbons (Fsp3) is 0.235. The van der Waals surface area contributed by atoms with Crippen LogP contribution >= 0.6 is 0 Å². The Labute approximate surface area is 141 Å². The molecule has 0 saturated heterocycles. The van der Waals surface area contributed by atoms with E-state index in [1.54, 1.807) is 29.9 Å². The van der Waals surface area contributed by atoms with Crippen LogP contribution in [0.3, 0.4) is 0 Å². The molecule has 8 nitrogen and oxygen atoms in total. The van der Waals surface area contributed by atoms with Gasteiger partial charge in [0.05, 0.1) is 29.9 Å². The SMILES string of the molecule is Cc1cc2c(o1)c1cnn(CC(=O)NCc3ccco3)c(=O)c1n2C. The van der Waals surface area contributed by atoms with Crippen molar-refractivity contribution < 1.29 is 13.6 Å². The van der Waals surface area contributed by atoms with E-state index in [1.807, 2.05) is 13.0 Å². The molecule has 0 aliphatic heterocycles. The van der Waals surface area contributed by atoms with Gasteiger partial charge in [-0.05, 0) is 19.1 Å². The molecule has 1 N–H and O–H groups in total. The average molecular weight is 340 g/mol. The van der Waals surface area contributed by atoms with Crippen molar-refractivity contribution in [3.63, 3.8) is 0 Å². The fourth-order valence-corrected chi connectivity index (χ4v) is 2.94. The predicted octanol–water partition coefficient (Wildman–Crippen LogP) is 1.70. The molecule has 128 valence electrons. The Morgan fingerprint density at radius 1 is 1.40 bits per heavy atom. The number of fused-ring (bicyclic) bond motifs is 3. The zero-order valence-electron chi connectivity index (χ0n) is 13.8. The third-order valence-corrected chi connectivity index (χ3v) is 4.13. The van der Waals surface area contributed by atoms with E-state index in [4.69, 9.17) is 8.83 Å². The van der Waals surface area contributed by atoms with E-state index < -0.39 is 0 Å². The predicted molar refractivity (Wildman–Crippen MR) is 90.0 cm³/mol. The number of aryl methyl sites for hydroxylation is 2. The molecule has 0 spiro atoms. The van der Waals surface area contributed by atoms with Crippen molar-refractivity contribution in [2.75, 3.05) is 0 Å². The molecule has 0 bridgehead atoms. The van der Waals surface area contributed by atoms with Gasteiger partial charge in [-0.3, -0.25) is 9.59 Å². The van der Waals surface area contributed by atoms with Crippen LogP contribution in [0, 0.1) is 6.92 Å². The second kappa shape index (κ2) is 5.66. The smallest absolute Gasteiger partial charge is 0.291 e. The number of amides is 1. The van der Waals surface area contributed by atoms with Gasteiger partial charge >= 0.3 is 0 Å². The van der Waals surface area contributed by atoms with Gasteiger partial charge in [0.1, 0.15) is 23.6 Å². The summed E-state index contributed by atoms with van der Waals surface area (Å²) in [5.41, 5.74) is 1.58. The molecule has 4 heterocycles. The van der Waals surface area contributed by atoms with Gasteiger partial charge in [-0.1, -0.05) is 0 Å². The Balaban J connectivity index is 1.64. The lowest BCUT2D eigenvalue weighted by Crippen LogP contribution is -2.33. The molecule has 8 heteroatoms. The molecule has 4 aromatic heterocycles. The number of nitrogens with one attached hydrogen (secondary N) is 1. The average Bonchev–Trinajstić information content (AvgIpc) is 3.27. The van der Waals surface area contributed by atoms with Crippen molar-refractivity contribution in [1.29, 1.82) is 0 Å². The summed E-state index contributed by atoms with van der Waals surface area (Å²) in [5, 5.41) is 7.45. The second-order valence-electron chi connectivity index (χ2n) is 5.86. The maximum absolute atomic E-state index is 12.7. The minimum atomic E-state index is -0.336. The topological polar surface area (TPSA) is 95.2 Å².